The van der Waals surface area contributed by atoms with E-state index in [-0.39, 0.29) is 18.2 Å². The van der Waals surface area contributed by atoms with Crippen molar-refractivity contribution in [3.63, 3.8) is 0 Å². The van der Waals surface area contributed by atoms with E-state index in [1.54, 1.807) is 23.2 Å². The molecule has 0 amide bonds. The first-order valence-electron chi connectivity index (χ1n) is 10.3. The molecule has 1 aliphatic heterocycles. The van der Waals surface area contributed by atoms with Gasteiger partial charge in [-0.1, -0.05) is 30.3 Å². The summed E-state index contributed by atoms with van der Waals surface area (Å²) >= 11 is 0. The lowest BCUT2D eigenvalue weighted by Gasteiger charge is -2.41. The molecule has 1 fully saturated rings. The van der Waals surface area contributed by atoms with Gasteiger partial charge >= 0.3 is 12.4 Å². The quantitative estimate of drug-likeness (QED) is 0.402. The maximum atomic E-state index is 13.7. The van der Waals surface area contributed by atoms with Gasteiger partial charge in [-0.2, -0.15) is 31.6 Å². The van der Waals surface area contributed by atoms with Crippen LogP contribution in [0.5, 0.6) is 0 Å². The Bertz CT molecular complexity index is 1210. The third-order valence-electron chi connectivity index (χ3n) is 5.77. The van der Waals surface area contributed by atoms with Gasteiger partial charge in [-0.3, -0.25) is 0 Å². The van der Waals surface area contributed by atoms with E-state index >= 15 is 0 Å². The van der Waals surface area contributed by atoms with E-state index in [9.17, 15) is 31.6 Å². The van der Waals surface area contributed by atoms with Gasteiger partial charge < -0.3 is 5.01 Å². The molecule has 1 saturated heterocycles. The number of hydrogen-bond donors (Lipinski definition) is 0. The standard InChI is InChI=1S/C24H19F6N3/c25-23(26,27)18-9-7-17(21(13-18)24(28,29)30)15-32-11-3-4-12-33(32)22-10-8-16(14-31)19-5-1-2-6-20(19)22/h1-2,5-10,13H,3-4,11-12,15H2. The van der Waals surface area contributed by atoms with Crippen LogP contribution in [-0.2, 0) is 18.9 Å². The highest BCUT2D eigenvalue weighted by Crippen LogP contribution is 2.39. The number of hydrogen-bond acceptors (Lipinski definition) is 3. The smallest absolute Gasteiger partial charge is 0.305 e. The van der Waals surface area contributed by atoms with E-state index in [2.05, 4.69) is 6.07 Å². The highest BCUT2D eigenvalue weighted by atomic mass is 19.4. The van der Waals surface area contributed by atoms with Crippen LogP contribution in [0.25, 0.3) is 10.8 Å². The van der Waals surface area contributed by atoms with Gasteiger partial charge in [0.15, 0.2) is 0 Å². The summed E-state index contributed by atoms with van der Waals surface area (Å²) in [5.74, 6) is 0. The van der Waals surface area contributed by atoms with E-state index in [0.717, 1.165) is 35.4 Å². The molecule has 1 heterocycles. The van der Waals surface area contributed by atoms with Crippen molar-refractivity contribution < 1.29 is 26.3 Å². The topological polar surface area (TPSA) is 30.3 Å². The van der Waals surface area contributed by atoms with E-state index in [1.807, 2.05) is 23.2 Å². The largest absolute Gasteiger partial charge is 0.416 e. The summed E-state index contributed by atoms with van der Waals surface area (Å²) in [5.41, 5.74) is -1.61. The van der Waals surface area contributed by atoms with E-state index < -0.39 is 23.5 Å². The molecule has 33 heavy (non-hydrogen) atoms. The second-order valence-corrected chi connectivity index (χ2v) is 7.88. The van der Waals surface area contributed by atoms with Gasteiger partial charge in [-0.25, -0.2) is 5.01 Å². The summed E-state index contributed by atoms with van der Waals surface area (Å²) < 4.78 is 80.1. The average Bonchev–Trinajstić information content (AvgIpc) is 2.77. The van der Waals surface area contributed by atoms with E-state index in [1.165, 1.54) is 0 Å². The summed E-state index contributed by atoms with van der Waals surface area (Å²) in [5, 5.41) is 14.5. The normalized spacial score (nSPS) is 15.6. The van der Waals surface area contributed by atoms with E-state index in [4.69, 9.17) is 0 Å². The van der Waals surface area contributed by atoms with Crippen molar-refractivity contribution in [3.8, 4) is 6.07 Å². The summed E-state index contributed by atoms with van der Waals surface area (Å²) in [4.78, 5) is 0. The zero-order chi connectivity index (χ0) is 23.8. The van der Waals surface area contributed by atoms with Crippen molar-refractivity contribution in [1.82, 2.24) is 5.01 Å². The molecule has 0 unspecified atom stereocenters. The van der Waals surface area contributed by atoms with Crippen LogP contribution in [0.15, 0.2) is 54.6 Å². The molecule has 3 nitrogen and oxygen atoms in total. The lowest BCUT2D eigenvalue weighted by atomic mass is 10.0. The Morgan fingerprint density at radius 3 is 2.18 bits per heavy atom. The molecule has 172 valence electrons. The SMILES string of the molecule is N#Cc1ccc(N2CCCCN2Cc2ccc(C(F)(F)F)cc2C(F)(F)F)c2ccccc12. The first kappa shape index (κ1) is 22.9. The number of rotatable bonds is 3. The van der Waals surface area contributed by atoms with Gasteiger partial charge in [0.25, 0.3) is 0 Å². The molecule has 0 N–H and O–H groups in total. The van der Waals surface area contributed by atoms with Crippen LogP contribution >= 0.6 is 0 Å². The third kappa shape index (κ3) is 4.62. The Hall–Kier alpha value is -3.25. The fraction of sp³-hybridized carbons (Fsp3) is 0.292. The summed E-state index contributed by atoms with van der Waals surface area (Å²) in [6, 6.07) is 14.6. The number of alkyl halides is 6. The lowest BCUT2D eigenvalue weighted by molar-refractivity contribution is -0.143. The first-order chi connectivity index (χ1) is 15.6. The number of anilines is 1. The third-order valence-corrected chi connectivity index (χ3v) is 5.77. The van der Waals surface area contributed by atoms with Crippen LogP contribution in [0.1, 0.15) is 35.1 Å². The number of nitrogens with zero attached hydrogens (tertiary/aromatic N) is 3. The average molecular weight is 463 g/mol. The molecule has 3 aromatic carbocycles. The number of hydrazine groups is 1. The summed E-state index contributed by atoms with van der Waals surface area (Å²) in [6.45, 7) is 0.797. The maximum Gasteiger partial charge on any atom is 0.416 e. The number of nitriles is 1. The molecule has 0 atom stereocenters. The van der Waals surface area contributed by atoms with Crippen molar-refractivity contribution >= 4 is 16.5 Å². The van der Waals surface area contributed by atoms with Crippen LogP contribution < -0.4 is 5.01 Å². The molecule has 3 aromatic rings. The zero-order valence-electron chi connectivity index (χ0n) is 17.3. The molecule has 0 radical (unpaired) electrons. The minimum Gasteiger partial charge on any atom is -0.305 e. The van der Waals surface area contributed by atoms with Crippen molar-refractivity contribution in [2.75, 3.05) is 18.1 Å². The van der Waals surface area contributed by atoms with E-state index in [0.29, 0.717) is 24.7 Å². The van der Waals surface area contributed by atoms with Gasteiger partial charge in [0.1, 0.15) is 0 Å². The fourth-order valence-electron chi connectivity index (χ4n) is 4.21. The predicted octanol–water partition coefficient (Wildman–Crippen LogP) is 6.77. The van der Waals surface area contributed by atoms with Gasteiger partial charge in [-0.05, 0) is 42.7 Å². The molecule has 9 heteroatoms. The van der Waals surface area contributed by atoms with Crippen molar-refractivity contribution in [2.24, 2.45) is 0 Å². The first-order valence-corrected chi connectivity index (χ1v) is 10.3. The van der Waals surface area contributed by atoms with Gasteiger partial charge in [0.2, 0.25) is 0 Å². The van der Waals surface area contributed by atoms with Gasteiger partial charge in [-0.15, -0.1) is 0 Å². The molecule has 0 aromatic heterocycles. The van der Waals surface area contributed by atoms with Gasteiger partial charge in [0, 0.05) is 30.4 Å². The number of fused-ring (bicyclic) bond motifs is 1. The Balaban J connectivity index is 1.75. The molecular weight excluding hydrogens is 444 g/mol. The minimum atomic E-state index is -4.92. The summed E-state index contributed by atoms with van der Waals surface area (Å²) in [6.07, 6.45) is -8.23. The highest BCUT2D eigenvalue weighted by molar-refractivity contribution is 5.97. The molecule has 4 rings (SSSR count). The number of benzene rings is 3. The molecular formula is C24H19F6N3. The Morgan fingerprint density at radius 2 is 1.52 bits per heavy atom. The van der Waals surface area contributed by atoms with Crippen LogP contribution in [0.3, 0.4) is 0 Å². The number of halogens is 6. The molecule has 0 spiro atoms. The van der Waals surface area contributed by atoms with Crippen LogP contribution in [-0.4, -0.2) is 18.1 Å². The van der Waals surface area contributed by atoms with Crippen molar-refractivity contribution in [3.05, 3.63) is 76.9 Å². The zero-order valence-corrected chi connectivity index (χ0v) is 17.3. The molecule has 1 aliphatic rings. The molecule has 0 aliphatic carbocycles. The van der Waals surface area contributed by atoms with Crippen LogP contribution in [0.2, 0.25) is 0 Å². The van der Waals surface area contributed by atoms with Crippen LogP contribution in [0, 0.1) is 11.3 Å². The predicted molar refractivity (Wildman–Crippen MR) is 112 cm³/mol. The Morgan fingerprint density at radius 1 is 0.818 bits per heavy atom. The minimum absolute atomic E-state index is 0.181. The molecule has 0 bridgehead atoms. The lowest BCUT2D eigenvalue weighted by Crippen LogP contribution is -2.47. The van der Waals surface area contributed by atoms with Crippen LogP contribution in [0.4, 0.5) is 32.0 Å². The highest BCUT2D eigenvalue weighted by Gasteiger charge is 2.38. The maximum absolute atomic E-state index is 13.7. The Labute approximate surface area is 186 Å². The summed E-state index contributed by atoms with van der Waals surface area (Å²) in [7, 11) is 0. The fourth-order valence-corrected chi connectivity index (χ4v) is 4.21. The monoisotopic (exact) mass is 463 g/mol. The second kappa shape index (κ2) is 8.60. The van der Waals surface area contributed by atoms with Gasteiger partial charge in [0.05, 0.1) is 28.4 Å². The molecule has 0 saturated carbocycles. The van der Waals surface area contributed by atoms with Crippen molar-refractivity contribution in [1.29, 1.82) is 5.26 Å². The van der Waals surface area contributed by atoms with Crippen molar-refractivity contribution in [2.45, 2.75) is 31.7 Å². The Kier molecular flexibility index (Phi) is 5.97. The second-order valence-electron chi connectivity index (χ2n) is 7.88.